The van der Waals surface area contributed by atoms with Gasteiger partial charge in [0.15, 0.2) is 0 Å². The Balaban J connectivity index is 0.00000144. The molecule has 3 aromatic rings. The highest BCUT2D eigenvalue weighted by Crippen LogP contribution is 2.40. The topological polar surface area (TPSA) is 110 Å². The van der Waals surface area contributed by atoms with E-state index in [1.165, 1.54) is 24.0 Å². The van der Waals surface area contributed by atoms with Gasteiger partial charge in [-0.05, 0) is 66.8 Å². The molecule has 2 aliphatic carbocycles. The highest BCUT2D eigenvalue weighted by Gasteiger charge is 2.32. The standard InChI is InChI=1S/C29H35ClN4O2.CH4O/c30-25-2-1-3-27-29(25)22(12-18-4-6-19(7-5-18)20-8-9-20)15-34(27)28-14-23(35)13-24(36-28)16-33(32)17-26(31)21-10-11-21;1-2/h1-7,15,17,20-21,23-24,28,35H,8-14,16,31-32H2;2H,1H3/b26-17-;/t23-,24-,28+;/m0./s1. The second kappa shape index (κ2) is 11.7. The van der Waals surface area contributed by atoms with E-state index in [2.05, 4.69) is 41.1 Å². The van der Waals surface area contributed by atoms with Crippen LogP contribution >= 0.6 is 11.6 Å². The van der Waals surface area contributed by atoms with Crippen LogP contribution in [-0.2, 0) is 11.2 Å². The lowest BCUT2D eigenvalue weighted by Gasteiger charge is -2.35. The fourth-order valence-electron chi connectivity index (χ4n) is 5.53. The highest BCUT2D eigenvalue weighted by atomic mass is 35.5. The molecule has 204 valence electrons. The molecule has 2 heterocycles. The molecule has 6 rings (SSSR count). The van der Waals surface area contributed by atoms with Gasteiger partial charge in [0.1, 0.15) is 6.23 Å². The number of aliphatic hydroxyl groups excluding tert-OH is 2. The first kappa shape index (κ1) is 27.0. The fraction of sp³-hybridized carbons (Fsp3) is 0.467. The summed E-state index contributed by atoms with van der Waals surface area (Å²) in [6.07, 6.45) is 9.72. The van der Waals surface area contributed by atoms with Crippen molar-refractivity contribution in [2.75, 3.05) is 13.7 Å². The number of fused-ring (bicyclic) bond motifs is 1. The van der Waals surface area contributed by atoms with E-state index in [-0.39, 0.29) is 12.3 Å². The van der Waals surface area contributed by atoms with Crippen LogP contribution in [0.4, 0.5) is 0 Å². The summed E-state index contributed by atoms with van der Waals surface area (Å²) in [5.74, 6) is 7.44. The van der Waals surface area contributed by atoms with Gasteiger partial charge in [-0.2, -0.15) is 0 Å². The van der Waals surface area contributed by atoms with E-state index in [1.807, 2.05) is 18.3 Å². The molecule has 1 aliphatic heterocycles. The van der Waals surface area contributed by atoms with Crippen molar-refractivity contribution in [1.29, 1.82) is 0 Å². The summed E-state index contributed by atoms with van der Waals surface area (Å²) >= 11 is 6.72. The van der Waals surface area contributed by atoms with Crippen LogP contribution in [0.25, 0.3) is 10.9 Å². The third-order valence-electron chi connectivity index (χ3n) is 7.76. The van der Waals surface area contributed by atoms with Crippen LogP contribution in [-0.4, -0.2) is 45.7 Å². The summed E-state index contributed by atoms with van der Waals surface area (Å²) in [4.78, 5) is 0. The summed E-state index contributed by atoms with van der Waals surface area (Å²) < 4.78 is 8.64. The van der Waals surface area contributed by atoms with Crippen LogP contribution in [0.3, 0.4) is 0 Å². The lowest BCUT2D eigenvalue weighted by atomic mass is 10.0. The zero-order valence-electron chi connectivity index (χ0n) is 22.0. The average molecular weight is 539 g/mol. The summed E-state index contributed by atoms with van der Waals surface area (Å²) in [5.41, 5.74) is 11.8. The number of nitrogens with zero attached hydrogens (tertiary/aromatic N) is 2. The largest absolute Gasteiger partial charge is 0.401 e. The van der Waals surface area contributed by atoms with Gasteiger partial charge in [0.2, 0.25) is 0 Å². The van der Waals surface area contributed by atoms with E-state index in [1.54, 1.807) is 5.01 Å². The molecule has 1 aromatic heterocycles. The van der Waals surface area contributed by atoms with Crippen LogP contribution in [0, 0.1) is 5.92 Å². The Bertz CT molecular complexity index is 1270. The minimum atomic E-state index is -0.470. The van der Waals surface area contributed by atoms with Gasteiger partial charge >= 0.3 is 0 Å². The van der Waals surface area contributed by atoms with Gasteiger partial charge in [0.05, 0.1) is 29.3 Å². The molecule has 3 atom stereocenters. The van der Waals surface area contributed by atoms with Crippen molar-refractivity contribution < 1.29 is 14.9 Å². The fourth-order valence-corrected chi connectivity index (χ4v) is 5.82. The predicted molar refractivity (Wildman–Crippen MR) is 151 cm³/mol. The molecule has 0 amide bonds. The summed E-state index contributed by atoms with van der Waals surface area (Å²) in [6.45, 7) is 0.473. The lowest BCUT2D eigenvalue weighted by molar-refractivity contribution is -0.131. The summed E-state index contributed by atoms with van der Waals surface area (Å²) in [7, 11) is 1.00. The molecule has 0 unspecified atom stereocenters. The third kappa shape index (κ3) is 6.19. The van der Waals surface area contributed by atoms with Crippen molar-refractivity contribution in [2.45, 2.75) is 69.3 Å². The van der Waals surface area contributed by atoms with Crippen LogP contribution in [0.2, 0.25) is 5.02 Å². The van der Waals surface area contributed by atoms with Gasteiger partial charge in [-0.3, -0.25) is 0 Å². The number of ether oxygens (including phenoxy) is 1. The van der Waals surface area contributed by atoms with Crippen molar-refractivity contribution in [2.24, 2.45) is 17.5 Å². The van der Waals surface area contributed by atoms with Crippen LogP contribution < -0.4 is 11.6 Å². The van der Waals surface area contributed by atoms with Crippen molar-refractivity contribution in [3.63, 3.8) is 0 Å². The molecule has 6 N–H and O–H groups in total. The van der Waals surface area contributed by atoms with Crippen molar-refractivity contribution in [3.8, 4) is 0 Å². The molecule has 3 fully saturated rings. The molecule has 8 heteroatoms. The maximum Gasteiger partial charge on any atom is 0.136 e. The maximum atomic E-state index is 10.7. The zero-order valence-corrected chi connectivity index (χ0v) is 22.7. The summed E-state index contributed by atoms with van der Waals surface area (Å²) in [6, 6.07) is 15.0. The molecular formula is C30H39ClN4O3. The van der Waals surface area contributed by atoms with Crippen LogP contribution in [0.5, 0.6) is 0 Å². The first-order valence-electron chi connectivity index (χ1n) is 13.6. The Morgan fingerprint density at radius 2 is 1.84 bits per heavy atom. The van der Waals surface area contributed by atoms with Gasteiger partial charge in [-0.15, -0.1) is 0 Å². The predicted octanol–water partition coefficient (Wildman–Crippen LogP) is 4.80. The minimum absolute atomic E-state index is 0.206. The Morgan fingerprint density at radius 1 is 1.11 bits per heavy atom. The maximum absolute atomic E-state index is 10.7. The number of aromatic nitrogens is 1. The number of benzene rings is 2. The molecule has 3 aliphatic rings. The molecule has 2 aromatic carbocycles. The number of allylic oxidation sites excluding steroid dienone is 1. The molecule has 0 bridgehead atoms. The van der Waals surface area contributed by atoms with E-state index in [0.29, 0.717) is 25.3 Å². The highest BCUT2D eigenvalue weighted by molar-refractivity contribution is 6.35. The molecule has 1 saturated heterocycles. The lowest BCUT2D eigenvalue weighted by Crippen LogP contribution is -2.42. The first-order valence-corrected chi connectivity index (χ1v) is 14.0. The van der Waals surface area contributed by atoms with Crippen molar-refractivity contribution in [1.82, 2.24) is 9.58 Å². The Kier molecular flexibility index (Phi) is 8.31. The number of hydrogen-bond acceptors (Lipinski definition) is 6. The van der Waals surface area contributed by atoms with Crippen LogP contribution in [0.1, 0.15) is 67.4 Å². The number of aliphatic hydroxyl groups is 2. The molecule has 0 spiro atoms. The van der Waals surface area contributed by atoms with E-state index in [9.17, 15) is 5.11 Å². The second-order valence-corrected chi connectivity index (χ2v) is 11.2. The zero-order chi connectivity index (χ0) is 26.8. The molecule has 38 heavy (non-hydrogen) atoms. The van der Waals surface area contributed by atoms with E-state index < -0.39 is 6.10 Å². The van der Waals surface area contributed by atoms with E-state index in [4.69, 9.17) is 33.0 Å². The van der Waals surface area contributed by atoms with Gasteiger partial charge in [-0.1, -0.05) is 41.9 Å². The average Bonchev–Trinajstić information content (AvgIpc) is 3.82. The smallest absolute Gasteiger partial charge is 0.136 e. The Labute approximate surface area is 229 Å². The number of hydrogen-bond donors (Lipinski definition) is 4. The van der Waals surface area contributed by atoms with Gasteiger partial charge < -0.3 is 30.3 Å². The molecule has 2 saturated carbocycles. The molecule has 0 radical (unpaired) electrons. The Morgan fingerprint density at radius 3 is 2.53 bits per heavy atom. The quantitative estimate of drug-likeness (QED) is 0.242. The van der Waals surface area contributed by atoms with Gasteiger partial charge in [-0.25, -0.2) is 5.84 Å². The summed E-state index contributed by atoms with van der Waals surface area (Å²) in [5, 5.41) is 21.1. The minimum Gasteiger partial charge on any atom is -0.401 e. The molecular weight excluding hydrogens is 500 g/mol. The normalized spacial score (nSPS) is 23.7. The second-order valence-electron chi connectivity index (χ2n) is 10.8. The van der Waals surface area contributed by atoms with Crippen LogP contribution in [0.15, 0.2) is 60.6 Å². The first-order chi connectivity index (χ1) is 18.4. The van der Waals surface area contributed by atoms with E-state index >= 15 is 0 Å². The monoisotopic (exact) mass is 538 g/mol. The SMILES string of the molecule is CO.N/C(=C\N(N)C[C@@H]1C[C@H](O)C[C@H](n2cc(Cc3ccc(C4CC4)cc3)c3c(Cl)cccc32)O1)C1CC1. The third-order valence-corrected chi connectivity index (χ3v) is 8.07. The van der Waals surface area contributed by atoms with Gasteiger partial charge in [0, 0.05) is 49.3 Å². The van der Waals surface area contributed by atoms with E-state index in [0.717, 1.165) is 59.5 Å². The van der Waals surface area contributed by atoms with Gasteiger partial charge in [0.25, 0.3) is 0 Å². The number of hydrazine groups is 1. The number of nitrogens with two attached hydrogens (primary N) is 2. The number of rotatable bonds is 8. The number of halogens is 1. The molecule has 7 nitrogen and oxygen atoms in total. The van der Waals surface area contributed by atoms with Crippen molar-refractivity contribution in [3.05, 3.63) is 82.3 Å². The van der Waals surface area contributed by atoms with Crippen molar-refractivity contribution >= 4 is 22.5 Å². The Hall–Kier alpha value is -2.55.